The van der Waals surface area contributed by atoms with Crippen molar-refractivity contribution in [2.75, 3.05) is 6.54 Å². The van der Waals surface area contributed by atoms with E-state index in [4.69, 9.17) is 4.42 Å². The maximum absolute atomic E-state index is 13.3. The second-order valence-electron chi connectivity index (χ2n) is 4.63. The van der Waals surface area contributed by atoms with Crippen molar-refractivity contribution in [2.24, 2.45) is 0 Å². The first-order valence-electron chi connectivity index (χ1n) is 6.21. The molecular weight excluding hydrogens is 217 g/mol. The molecule has 3 heteroatoms. The van der Waals surface area contributed by atoms with Crippen molar-refractivity contribution in [1.82, 2.24) is 5.32 Å². The molecule has 90 valence electrons. The molecule has 0 atom stereocenters. The summed E-state index contributed by atoms with van der Waals surface area (Å²) in [4.78, 5) is 0. The third-order valence-electron chi connectivity index (χ3n) is 3.29. The summed E-state index contributed by atoms with van der Waals surface area (Å²) in [7, 11) is 0. The van der Waals surface area contributed by atoms with Gasteiger partial charge >= 0.3 is 0 Å². The molecule has 1 aliphatic carbocycles. The Morgan fingerprint density at radius 2 is 2.24 bits per heavy atom. The molecule has 2 nitrogen and oxygen atoms in total. The molecule has 3 rings (SSSR count). The molecule has 0 saturated heterocycles. The number of rotatable bonds is 4. The smallest absolute Gasteiger partial charge is 0.134 e. The number of hydrogen-bond acceptors (Lipinski definition) is 2. The monoisotopic (exact) mass is 233 g/mol. The fourth-order valence-electron chi connectivity index (χ4n) is 2.33. The van der Waals surface area contributed by atoms with Crippen LogP contribution in [0, 0.1) is 5.82 Å². The summed E-state index contributed by atoms with van der Waals surface area (Å²) >= 11 is 0. The van der Waals surface area contributed by atoms with Gasteiger partial charge in [0.1, 0.15) is 17.2 Å². The Morgan fingerprint density at radius 1 is 1.41 bits per heavy atom. The van der Waals surface area contributed by atoms with E-state index < -0.39 is 0 Å². The van der Waals surface area contributed by atoms with Crippen molar-refractivity contribution in [3.8, 4) is 0 Å². The van der Waals surface area contributed by atoms with Gasteiger partial charge < -0.3 is 9.73 Å². The van der Waals surface area contributed by atoms with Crippen molar-refractivity contribution in [1.29, 1.82) is 0 Å². The molecule has 1 N–H and O–H groups in total. The Hall–Kier alpha value is -1.35. The number of fused-ring (bicyclic) bond motifs is 1. The van der Waals surface area contributed by atoms with Gasteiger partial charge in [-0.05, 0) is 43.5 Å². The minimum atomic E-state index is -0.185. The first kappa shape index (κ1) is 10.8. The number of benzene rings is 1. The predicted octanol–water partition coefficient (Wildman–Crippen LogP) is 3.56. The van der Waals surface area contributed by atoms with Crippen LogP contribution in [-0.4, -0.2) is 6.54 Å². The molecule has 1 aliphatic rings. The summed E-state index contributed by atoms with van der Waals surface area (Å²) in [5.74, 6) is 1.37. The molecule has 1 saturated carbocycles. The lowest BCUT2D eigenvalue weighted by Gasteiger charge is -2.01. The van der Waals surface area contributed by atoms with Crippen molar-refractivity contribution < 1.29 is 8.81 Å². The molecule has 0 amide bonds. The average molecular weight is 233 g/mol. The molecule has 1 aromatic heterocycles. The molecule has 0 radical (unpaired) electrons. The molecule has 0 spiro atoms. The number of nitrogens with one attached hydrogen (secondary N) is 1. The van der Waals surface area contributed by atoms with Crippen molar-refractivity contribution >= 4 is 11.0 Å². The molecule has 0 aliphatic heterocycles. The molecule has 0 bridgehead atoms. The van der Waals surface area contributed by atoms with Crippen LogP contribution in [0.4, 0.5) is 4.39 Å². The van der Waals surface area contributed by atoms with Gasteiger partial charge in [-0.1, -0.05) is 6.92 Å². The lowest BCUT2D eigenvalue weighted by molar-refractivity contribution is 0.513. The largest absolute Gasteiger partial charge is 0.459 e. The standard InChI is InChI=1S/C14H16FNO/c1-2-16-8-13-14(9-3-4-9)11-7-10(15)5-6-12(11)17-13/h5-7,9,16H,2-4,8H2,1H3. The van der Waals surface area contributed by atoms with Crippen LogP contribution in [0.25, 0.3) is 11.0 Å². The number of halogens is 1. The first-order chi connectivity index (χ1) is 8.29. The zero-order chi connectivity index (χ0) is 11.8. The van der Waals surface area contributed by atoms with Crippen LogP contribution >= 0.6 is 0 Å². The second kappa shape index (κ2) is 4.15. The third-order valence-corrected chi connectivity index (χ3v) is 3.29. The SMILES string of the molecule is CCNCc1oc2ccc(F)cc2c1C1CC1. The van der Waals surface area contributed by atoms with Gasteiger partial charge in [0, 0.05) is 10.9 Å². The van der Waals surface area contributed by atoms with Gasteiger partial charge in [0.15, 0.2) is 0 Å². The van der Waals surface area contributed by atoms with E-state index in [9.17, 15) is 4.39 Å². The minimum absolute atomic E-state index is 0.185. The van der Waals surface area contributed by atoms with Crippen molar-refractivity contribution in [3.63, 3.8) is 0 Å². The zero-order valence-corrected chi connectivity index (χ0v) is 9.92. The highest BCUT2D eigenvalue weighted by Gasteiger charge is 2.30. The number of furan rings is 1. The fourth-order valence-corrected chi connectivity index (χ4v) is 2.33. The third kappa shape index (κ3) is 1.95. The lowest BCUT2D eigenvalue weighted by Crippen LogP contribution is -2.12. The maximum Gasteiger partial charge on any atom is 0.134 e. The fraction of sp³-hybridized carbons (Fsp3) is 0.429. The van der Waals surface area contributed by atoms with Gasteiger partial charge in [0.05, 0.1) is 6.54 Å². The van der Waals surface area contributed by atoms with Gasteiger partial charge in [-0.3, -0.25) is 0 Å². The Kier molecular flexibility index (Phi) is 2.63. The van der Waals surface area contributed by atoms with Gasteiger partial charge in [0.2, 0.25) is 0 Å². The summed E-state index contributed by atoms with van der Waals surface area (Å²) in [6.45, 7) is 3.72. The highest BCUT2D eigenvalue weighted by molar-refractivity contribution is 5.83. The quantitative estimate of drug-likeness (QED) is 0.873. The van der Waals surface area contributed by atoms with Crippen LogP contribution in [0.15, 0.2) is 22.6 Å². The van der Waals surface area contributed by atoms with Crippen LogP contribution in [0.3, 0.4) is 0 Å². The summed E-state index contributed by atoms with van der Waals surface area (Å²) in [6.07, 6.45) is 2.40. The van der Waals surface area contributed by atoms with E-state index in [1.807, 2.05) is 0 Å². The van der Waals surface area contributed by atoms with E-state index in [1.54, 1.807) is 12.1 Å². The van der Waals surface area contributed by atoms with E-state index >= 15 is 0 Å². The highest BCUT2D eigenvalue weighted by atomic mass is 19.1. The molecular formula is C14H16FNO. The van der Waals surface area contributed by atoms with Crippen LogP contribution < -0.4 is 5.32 Å². The van der Waals surface area contributed by atoms with Crippen LogP contribution in [0.2, 0.25) is 0 Å². The minimum Gasteiger partial charge on any atom is -0.459 e. The molecule has 0 unspecified atom stereocenters. The summed E-state index contributed by atoms with van der Waals surface area (Å²) in [5, 5.41) is 4.23. The Balaban J connectivity index is 2.10. The summed E-state index contributed by atoms with van der Waals surface area (Å²) < 4.78 is 19.1. The van der Waals surface area contributed by atoms with E-state index in [2.05, 4.69) is 12.2 Å². The van der Waals surface area contributed by atoms with Crippen LogP contribution in [0.1, 0.15) is 37.0 Å². The molecule has 1 heterocycles. The highest BCUT2D eigenvalue weighted by Crippen LogP contribution is 2.46. The van der Waals surface area contributed by atoms with Crippen LogP contribution in [-0.2, 0) is 6.54 Å². The van der Waals surface area contributed by atoms with E-state index in [1.165, 1.54) is 24.5 Å². The van der Waals surface area contributed by atoms with E-state index in [0.717, 1.165) is 29.8 Å². The normalized spacial score (nSPS) is 15.6. The molecule has 1 fully saturated rings. The van der Waals surface area contributed by atoms with Crippen molar-refractivity contribution in [2.45, 2.75) is 32.2 Å². The zero-order valence-electron chi connectivity index (χ0n) is 9.92. The van der Waals surface area contributed by atoms with E-state index in [0.29, 0.717) is 5.92 Å². The predicted molar refractivity (Wildman–Crippen MR) is 65.5 cm³/mol. The second-order valence-corrected chi connectivity index (χ2v) is 4.63. The Morgan fingerprint density at radius 3 is 2.94 bits per heavy atom. The van der Waals surface area contributed by atoms with Gasteiger partial charge in [-0.2, -0.15) is 0 Å². The average Bonchev–Trinajstić information content (AvgIpc) is 3.08. The molecule has 1 aromatic carbocycles. The maximum atomic E-state index is 13.3. The van der Waals surface area contributed by atoms with Gasteiger partial charge in [-0.15, -0.1) is 0 Å². The molecule has 2 aromatic rings. The van der Waals surface area contributed by atoms with Crippen molar-refractivity contribution in [3.05, 3.63) is 35.3 Å². The van der Waals surface area contributed by atoms with Gasteiger partial charge in [0.25, 0.3) is 0 Å². The Bertz CT molecular complexity index is 542. The lowest BCUT2D eigenvalue weighted by atomic mass is 10.1. The van der Waals surface area contributed by atoms with E-state index in [-0.39, 0.29) is 5.82 Å². The number of hydrogen-bond donors (Lipinski definition) is 1. The Labute approximate surface area is 99.8 Å². The summed E-state index contributed by atoms with van der Waals surface area (Å²) in [5.41, 5.74) is 2.03. The molecule has 17 heavy (non-hydrogen) atoms. The summed E-state index contributed by atoms with van der Waals surface area (Å²) in [6, 6.07) is 4.79. The topological polar surface area (TPSA) is 25.2 Å². The van der Waals surface area contributed by atoms with Crippen LogP contribution in [0.5, 0.6) is 0 Å². The first-order valence-corrected chi connectivity index (χ1v) is 6.21. The van der Waals surface area contributed by atoms with Gasteiger partial charge in [-0.25, -0.2) is 4.39 Å².